The number of aliphatic hydroxyl groups excluding tert-OH is 1. The number of hydrogen-bond acceptors (Lipinski definition) is 5. The van der Waals surface area contributed by atoms with Crippen LogP contribution in [0, 0.1) is 13.8 Å². The molecule has 6 nitrogen and oxygen atoms in total. The maximum atomic E-state index is 13.4. The predicted molar refractivity (Wildman–Crippen MR) is 137 cm³/mol. The lowest BCUT2D eigenvalue weighted by molar-refractivity contribution is -0.132. The summed E-state index contributed by atoms with van der Waals surface area (Å²) in [4.78, 5) is 28.1. The second-order valence-corrected chi connectivity index (χ2v) is 9.02. The van der Waals surface area contributed by atoms with Crippen LogP contribution in [0.1, 0.15) is 28.3 Å². The van der Waals surface area contributed by atoms with Crippen LogP contribution in [0.3, 0.4) is 0 Å². The van der Waals surface area contributed by atoms with Crippen LogP contribution in [0.5, 0.6) is 11.5 Å². The van der Waals surface area contributed by atoms with E-state index in [2.05, 4.69) is 0 Å². The summed E-state index contributed by atoms with van der Waals surface area (Å²) in [7, 11) is 2.96. The lowest BCUT2D eigenvalue weighted by atomic mass is 9.94. The summed E-state index contributed by atoms with van der Waals surface area (Å²) in [5.74, 6) is -1.19. The molecule has 3 aromatic rings. The highest BCUT2D eigenvalue weighted by atomic mass is 35.5. The van der Waals surface area contributed by atoms with Crippen molar-refractivity contribution in [2.24, 2.45) is 0 Å². The van der Waals surface area contributed by atoms with E-state index in [1.165, 1.54) is 12.0 Å². The molecule has 1 N–H and O–H groups in total. The Morgan fingerprint density at radius 3 is 2.20 bits per heavy atom. The van der Waals surface area contributed by atoms with Gasteiger partial charge in [0.05, 0.1) is 36.4 Å². The van der Waals surface area contributed by atoms with Crippen LogP contribution in [-0.2, 0) is 9.59 Å². The average molecular weight is 512 g/mol. The molecule has 8 heteroatoms. The molecule has 0 spiro atoms. The molecule has 1 heterocycles. The highest BCUT2D eigenvalue weighted by molar-refractivity contribution is 6.52. The minimum atomic E-state index is -0.927. The van der Waals surface area contributed by atoms with Gasteiger partial charge in [-0.1, -0.05) is 41.4 Å². The summed E-state index contributed by atoms with van der Waals surface area (Å²) < 4.78 is 10.7. The van der Waals surface area contributed by atoms with Gasteiger partial charge < -0.3 is 14.6 Å². The number of nitrogens with zero attached hydrogens (tertiary/aromatic N) is 1. The Morgan fingerprint density at radius 2 is 1.60 bits per heavy atom. The second kappa shape index (κ2) is 9.64. The maximum absolute atomic E-state index is 13.4. The quantitative estimate of drug-likeness (QED) is 0.248. The Bertz CT molecular complexity index is 1360. The molecule has 1 amide bonds. The first-order chi connectivity index (χ1) is 16.7. The van der Waals surface area contributed by atoms with Gasteiger partial charge in [0.1, 0.15) is 17.3 Å². The molecule has 0 radical (unpaired) electrons. The lowest BCUT2D eigenvalue weighted by Gasteiger charge is -2.26. The van der Waals surface area contributed by atoms with Gasteiger partial charge in [0.15, 0.2) is 0 Å². The molecule has 1 aliphatic rings. The van der Waals surface area contributed by atoms with Crippen molar-refractivity contribution in [1.82, 2.24) is 0 Å². The zero-order valence-electron chi connectivity index (χ0n) is 19.6. The third-order valence-corrected chi connectivity index (χ3v) is 6.64. The maximum Gasteiger partial charge on any atom is 0.300 e. The van der Waals surface area contributed by atoms with Crippen molar-refractivity contribution in [3.05, 3.63) is 92.5 Å². The van der Waals surface area contributed by atoms with E-state index in [0.717, 1.165) is 11.1 Å². The number of anilines is 1. The molecule has 1 unspecified atom stereocenters. The SMILES string of the molecule is COc1ccc(C2/C(=C(\O)c3cc(C)cc(Cl)c3OC)C(=O)C(=O)N2c2ccc(C)c(Cl)c2)cc1. The van der Waals surface area contributed by atoms with E-state index in [1.807, 2.05) is 6.92 Å². The predicted octanol–water partition coefficient (Wildman–Crippen LogP) is 6.25. The number of carbonyl (C=O) groups is 2. The zero-order chi connectivity index (χ0) is 25.4. The number of hydrogen-bond donors (Lipinski definition) is 1. The van der Waals surface area contributed by atoms with Crippen LogP contribution in [0.15, 0.2) is 60.2 Å². The monoisotopic (exact) mass is 511 g/mol. The fourth-order valence-corrected chi connectivity index (χ4v) is 4.72. The van der Waals surface area contributed by atoms with Gasteiger partial charge in [-0.3, -0.25) is 14.5 Å². The summed E-state index contributed by atoms with van der Waals surface area (Å²) >= 11 is 12.7. The fraction of sp³-hybridized carbons (Fsp3) is 0.185. The van der Waals surface area contributed by atoms with Crippen molar-refractivity contribution in [2.45, 2.75) is 19.9 Å². The van der Waals surface area contributed by atoms with Gasteiger partial charge >= 0.3 is 0 Å². The van der Waals surface area contributed by atoms with E-state index < -0.39 is 17.7 Å². The summed E-state index contributed by atoms with van der Waals surface area (Å²) in [5, 5.41) is 12.2. The Kier molecular flexibility index (Phi) is 6.79. The van der Waals surface area contributed by atoms with Crippen molar-refractivity contribution in [2.75, 3.05) is 19.1 Å². The number of benzene rings is 3. The number of halogens is 2. The molecular formula is C27H23Cl2NO5. The molecule has 1 aliphatic heterocycles. The summed E-state index contributed by atoms with van der Waals surface area (Å²) in [5.41, 5.74) is 2.73. The first-order valence-corrected chi connectivity index (χ1v) is 11.5. The van der Waals surface area contributed by atoms with Crippen LogP contribution < -0.4 is 14.4 Å². The van der Waals surface area contributed by atoms with E-state index in [-0.39, 0.29) is 27.7 Å². The normalized spacial score (nSPS) is 17.1. The number of methoxy groups -OCH3 is 2. The molecule has 4 rings (SSSR count). The van der Waals surface area contributed by atoms with Crippen LogP contribution in [0.4, 0.5) is 5.69 Å². The molecule has 0 aliphatic carbocycles. The topological polar surface area (TPSA) is 76.1 Å². The number of ether oxygens (including phenoxy) is 2. The molecular weight excluding hydrogens is 489 g/mol. The first kappa shape index (κ1) is 24.6. The number of aryl methyl sites for hydroxylation is 2. The van der Waals surface area contributed by atoms with Gasteiger partial charge in [-0.15, -0.1) is 0 Å². The number of aliphatic hydroxyl groups is 1. The summed E-state index contributed by atoms with van der Waals surface area (Å²) in [6.45, 7) is 3.64. The fourth-order valence-electron chi connectivity index (χ4n) is 4.19. The smallest absolute Gasteiger partial charge is 0.300 e. The van der Waals surface area contributed by atoms with Crippen molar-refractivity contribution in [3.8, 4) is 11.5 Å². The van der Waals surface area contributed by atoms with Crippen LogP contribution in [-0.4, -0.2) is 31.0 Å². The Morgan fingerprint density at radius 1 is 0.914 bits per heavy atom. The molecule has 1 fully saturated rings. The number of Topliss-reactive ketones (excluding diaryl/α,β-unsaturated/α-hetero) is 1. The van der Waals surface area contributed by atoms with Crippen LogP contribution in [0.25, 0.3) is 5.76 Å². The summed E-state index contributed by atoms with van der Waals surface area (Å²) in [6, 6.07) is 14.5. The molecule has 0 bridgehead atoms. The van der Waals surface area contributed by atoms with Gasteiger partial charge in [0, 0.05) is 10.7 Å². The highest BCUT2D eigenvalue weighted by Gasteiger charge is 2.47. The van der Waals surface area contributed by atoms with Gasteiger partial charge in [-0.05, 0) is 66.9 Å². The lowest BCUT2D eigenvalue weighted by Crippen LogP contribution is -2.29. The van der Waals surface area contributed by atoms with Crippen molar-refractivity contribution >= 4 is 46.3 Å². The zero-order valence-corrected chi connectivity index (χ0v) is 21.1. The molecule has 1 saturated heterocycles. The van der Waals surface area contributed by atoms with Crippen LogP contribution >= 0.6 is 23.2 Å². The van der Waals surface area contributed by atoms with E-state index in [1.54, 1.807) is 68.6 Å². The molecule has 3 aromatic carbocycles. The second-order valence-electron chi connectivity index (χ2n) is 8.20. The highest BCUT2D eigenvalue weighted by Crippen LogP contribution is 2.45. The Balaban J connectivity index is 2.00. The average Bonchev–Trinajstić information content (AvgIpc) is 3.10. The largest absolute Gasteiger partial charge is 0.507 e. The van der Waals surface area contributed by atoms with Crippen molar-refractivity contribution in [3.63, 3.8) is 0 Å². The molecule has 180 valence electrons. The van der Waals surface area contributed by atoms with Crippen LogP contribution in [0.2, 0.25) is 10.0 Å². The number of carbonyl (C=O) groups excluding carboxylic acids is 2. The standard InChI is InChI=1S/C27H23Cl2NO5/c1-14-11-19(26(35-4)21(29)12-14)24(31)22-23(16-6-9-18(34-3)10-7-16)30(27(33)25(22)32)17-8-5-15(2)20(28)13-17/h5-13,23,31H,1-4H3/b24-22+. The van der Waals surface area contributed by atoms with Crippen molar-refractivity contribution < 1.29 is 24.2 Å². The Labute approximate surface area is 213 Å². The minimum absolute atomic E-state index is 0.0863. The first-order valence-electron chi connectivity index (χ1n) is 10.7. The van der Waals surface area contributed by atoms with Gasteiger partial charge in [0.2, 0.25) is 0 Å². The number of rotatable bonds is 5. The van der Waals surface area contributed by atoms with Gasteiger partial charge in [-0.2, -0.15) is 0 Å². The van der Waals surface area contributed by atoms with E-state index in [0.29, 0.717) is 22.0 Å². The third kappa shape index (κ3) is 4.35. The van der Waals surface area contributed by atoms with Gasteiger partial charge in [0.25, 0.3) is 11.7 Å². The minimum Gasteiger partial charge on any atom is -0.507 e. The van der Waals surface area contributed by atoms with E-state index in [4.69, 9.17) is 32.7 Å². The van der Waals surface area contributed by atoms with E-state index >= 15 is 0 Å². The van der Waals surface area contributed by atoms with E-state index in [9.17, 15) is 14.7 Å². The molecule has 35 heavy (non-hydrogen) atoms. The number of ketones is 1. The van der Waals surface area contributed by atoms with Crippen molar-refractivity contribution in [1.29, 1.82) is 0 Å². The molecule has 1 atom stereocenters. The Hall–Kier alpha value is -3.48. The summed E-state index contributed by atoms with van der Waals surface area (Å²) in [6.07, 6.45) is 0. The molecule has 0 aromatic heterocycles. The van der Waals surface area contributed by atoms with Gasteiger partial charge in [-0.25, -0.2) is 0 Å². The third-order valence-electron chi connectivity index (χ3n) is 5.96. The number of amides is 1. The molecule has 0 saturated carbocycles.